The maximum absolute atomic E-state index is 14.4. The quantitative estimate of drug-likeness (QED) is 0.313. The summed E-state index contributed by atoms with van der Waals surface area (Å²) in [7, 11) is 0. The summed E-state index contributed by atoms with van der Waals surface area (Å²) in [4.78, 5) is 38.8. The minimum atomic E-state index is -0.737. The van der Waals surface area contributed by atoms with E-state index >= 15 is 0 Å². The molecule has 38 heavy (non-hydrogen) atoms. The molecule has 0 unspecified atom stereocenters. The van der Waals surface area contributed by atoms with Gasteiger partial charge in [0.15, 0.2) is 5.78 Å². The highest BCUT2D eigenvalue weighted by atomic mass is 16.5. The summed E-state index contributed by atoms with van der Waals surface area (Å²) in [5.74, 6) is -0.511. The predicted molar refractivity (Wildman–Crippen MR) is 147 cm³/mol. The van der Waals surface area contributed by atoms with E-state index in [-0.39, 0.29) is 62.7 Å². The van der Waals surface area contributed by atoms with Crippen LogP contribution in [-0.2, 0) is 19.1 Å². The van der Waals surface area contributed by atoms with Gasteiger partial charge in [-0.1, -0.05) is 53.7 Å². The fourth-order valence-electron chi connectivity index (χ4n) is 10.7. The Balaban J connectivity index is 1.56. The molecular weight excluding hydrogens is 476 g/mol. The fraction of sp³-hybridized carbons (Fsp3) is 0.788. The highest BCUT2D eigenvalue weighted by molar-refractivity contribution is 5.95. The molecule has 0 saturated heterocycles. The SMILES string of the molecule is C=CC(=O)O[C@H]1CC[C@]2(C)[C@H]3C(=O)C=C4[C@@H]5C[C@@](C)(C(=O)O)CC[C@]5(C)CC[C@@]4(C)[C@]3(C)CC[C@H]2C1(C)C. The Hall–Kier alpha value is -1.91. The molecule has 1 N–H and O–H groups in total. The van der Waals surface area contributed by atoms with Crippen molar-refractivity contribution >= 4 is 17.7 Å². The van der Waals surface area contributed by atoms with Crippen LogP contribution >= 0.6 is 0 Å². The van der Waals surface area contributed by atoms with Crippen LogP contribution in [0.25, 0.3) is 0 Å². The van der Waals surface area contributed by atoms with E-state index in [0.29, 0.717) is 12.8 Å². The number of esters is 1. The predicted octanol–water partition coefficient (Wildman–Crippen LogP) is 7.15. The lowest BCUT2D eigenvalue weighted by Crippen LogP contribution is -2.66. The van der Waals surface area contributed by atoms with Gasteiger partial charge in [-0.05, 0) is 104 Å². The summed E-state index contributed by atoms with van der Waals surface area (Å²) in [6.07, 6.45) is 11.0. The molecule has 5 rings (SSSR count). The molecule has 5 aliphatic carbocycles. The number of hydrogen-bond acceptors (Lipinski definition) is 4. The summed E-state index contributed by atoms with van der Waals surface area (Å²) in [6.45, 7) is 19.4. The number of carboxylic acid groups (broad SMARTS) is 1. The van der Waals surface area contributed by atoms with E-state index in [4.69, 9.17) is 4.74 Å². The number of carboxylic acids is 1. The van der Waals surface area contributed by atoms with Crippen molar-refractivity contribution in [2.24, 2.45) is 50.2 Å². The molecule has 0 heterocycles. The Bertz CT molecular complexity index is 1120. The minimum absolute atomic E-state index is 0.0555. The van der Waals surface area contributed by atoms with Gasteiger partial charge < -0.3 is 9.84 Å². The van der Waals surface area contributed by atoms with Gasteiger partial charge in [-0.25, -0.2) is 4.79 Å². The van der Waals surface area contributed by atoms with Crippen molar-refractivity contribution in [2.75, 3.05) is 0 Å². The van der Waals surface area contributed by atoms with Crippen molar-refractivity contribution in [3.05, 3.63) is 24.3 Å². The van der Waals surface area contributed by atoms with Gasteiger partial charge >= 0.3 is 11.9 Å². The molecule has 0 aromatic heterocycles. The van der Waals surface area contributed by atoms with E-state index < -0.39 is 11.4 Å². The maximum Gasteiger partial charge on any atom is 0.330 e. The number of ketones is 1. The second-order valence-electron chi connectivity index (χ2n) is 15.5. The summed E-state index contributed by atoms with van der Waals surface area (Å²) in [5.41, 5.74) is -0.167. The summed E-state index contributed by atoms with van der Waals surface area (Å²) in [6, 6.07) is 0. The van der Waals surface area contributed by atoms with Crippen molar-refractivity contribution in [2.45, 2.75) is 112 Å². The van der Waals surface area contributed by atoms with Crippen LogP contribution in [-0.4, -0.2) is 28.9 Å². The third-order valence-electron chi connectivity index (χ3n) is 13.5. The molecule has 5 aliphatic rings. The van der Waals surface area contributed by atoms with Gasteiger partial charge in [-0.3, -0.25) is 9.59 Å². The van der Waals surface area contributed by atoms with Gasteiger partial charge in [0.25, 0.3) is 0 Å². The first-order valence-electron chi connectivity index (χ1n) is 14.8. The molecule has 210 valence electrons. The number of fused-ring (bicyclic) bond motifs is 7. The van der Waals surface area contributed by atoms with Gasteiger partial charge in [-0.2, -0.15) is 0 Å². The van der Waals surface area contributed by atoms with Gasteiger partial charge in [0.2, 0.25) is 0 Å². The first-order valence-corrected chi connectivity index (χ1v) is 14.8. The highest BCUT2D eigenvalue weighted by Gasteiger charge is 2.70. The first kappa shape index (κ1) is 27.6. The van der Waals surface area contributed by atoms with Crippen molar-refractivity contribution in [3.8, 4) is 0 Å². The molecule has 0 aromatic carbocycles. The van der Waals surface area contributed by atoms with E-state index in [0.717, 1.165) is 44.9 Å². The molecular formula is C33H48O5. The topological polar surface area (TPSA) is 80.7 Å². The van der Waals surface area contributed by atoms with E-state index in [1.807, 2.05) is 13.0 Å². The standard InChI is InChI=1S/C33H48O5/c1-9-25(35)38-24-11-12-31(6)23(28(24,2)3)10-13-33(8)26(31)22(34)18-20-21-19-30(5,27(36)37)15-14-29(21,4)16-17-32(20,33)7/h9,18,21,23-24,26H,1,10-17,19H2,2-8H3,(H,36,37)/t21-,23-,24-,26+,29+,30-,31-,32+,33+/m0/s1. The zero-order chi connectivity index (χ0) is 28.1. The van der Waals surface area contributed by atoms with Crippen LogP contribution in [0.2, 0.25) is 0 Å². The van der Waals surface area contributed by atoms with Gasteiger partial charge in [-0.15, -0.1) is 0 Å². The van der Waals surface area contributed by atoms with Crippen LogP contribution in [0.1, 0.15) is 106 Å². The zero-order valence-corrected chi connectivity index (χ0v) is 24.6. The van der Waals surface area contributed by atoms with E-state index in [9.17, 15) is 19.5 Å². The molecule has 0 bridgehead atoms. The Labute approximate surface area is 228 Å². The van der Waals surface area contributed by atoms with Crippen molar-refractivity contribution in [1.29, 1.82) is 0 Å². The maximum atomic E-state index is 14.4. The molecule has 4 saturated carbocycles. The molecule has 9 atom stereocenters. The smallest absolute Gasteiger partial charge is 0.330 e. The average Bonchev–Trinajstić information content (AvgIpc) is 2.83. The van der Waals surface area contributed by atoms with Crippen LogP contribution in [0.5, 0.6) is 0 Å². The highest BCUT2D eigenvalue weighted by Crippen LogP contribution is 2.75. The Morgan fingerprint density at radius 1 is 0.974 bits per heavy atom. The van der Waals surface area contributed by atoms with Crippen molar-refractivity contribution in [1.82, 2.24) is 0 Å². The number of hydrogen-bond donors (Lipinski definition) is 1. The Morgan fingerprint density at radius 3 is 2.26 bits per heavy atom. The molecule has 4 fully saturated rings. The normalized spacial score (nSPS) is 49.3. The van der Waals surface area contributed by atoms with Gasteiger partial charge in [0.05, 0.1) is 5.41 Å². The average molecular weight is 525 g/mol. The number of aliphatic carboxylic acids is 1. The lowest BCUT2D eigenvalue weighted by molar-refractivity contribution is -0.209. The monoisotopic (exact) mass is 524 g/mol. The second-order valence-corrected chi connectivity index (χ2v) is 15.5. The second kappa shape index (κ2) is 8.30. The van der Waals surface area contributed by atoms with Crippen LogP contribution in [0.4, 0.5) is 0 Å². The Kier molecular flexibility index (Phi) is 6.04. The van der Waals surface area contributed by atoms with E-state index in [1.165, 1.54) is 11.6 Å². The molecule has 0 aliphatic heterocycles. The Morgan fingerprint density at radius 2 is 1.63 bits per heavy atom. The van der Waals surface area contributed by atoms with Crippen molar-refractivity contribution < 1.29 is 24.2 Å². The molecule has 0 amide bonds. The van der Waals surface area contributed by atoms with E-state index in [1.54, 1.807) is 0 Å². The summed E-state index contributed by atoms with van der Waals surface area (Å²) in [5, 5.41) is 10.1. The van der Waals surface area contributed by atoms with Crippen LogP contribution in [0.15, 0.2) is 24.3 Å². The lowest BCUT2D eigenvalue weighted by Gasteiger charge is -2.70. The van der Waals surface area contributed by atoms with Crippen LogP contribution < -0.4 is 0 Å². The number of rotatable bonds is 3. The molecule has 0 spiro atoms. The van der Waals surface area contributed by atoms with Gasteiger partial charge in [0.1, 0.15) is 6.10 Å². The third kappa shape index (κ3) is 3.45. The molecule has 0 aromatic rings. The number of ether oxygens (including phenoxy) is 1. The third-order valence-corrected chi connectivity index (χ3v) is 13.5. The first-order chi connectivity index (χ1) is 17.5. The lowest BCUT2D eigenvalue weighted by atomic mass is 9.33. The zero-order valence-electron chi connectivity index (χ0n) is 24.6. The van der Waals surface area contributed by atoms with Crippen LogP contribution in [0.3, 0.4) is 0 Å². The largest absolute Gasteiger partial charge is 0.481 e. The van der Waals surface area contributed by atoms with Crippen molar-refractivity contribution in [3.63, 3.8) is 0 Å². The summed E-state index contributed by atoms with van der Waals surface area (Å²) < 4.78 is 5.85. The number of carbonyl (C=O) groups excluding carboxylic acids is 2. The molecule has 5 heteroatoms. The summed E-state index contributed by atoms with van der Waals surface area (Å²) >= 11 is 0. The molecule has 0 radical (unpaired) electrons. The number of allylic oxidation sites excluding steroid dienone is 2. The number of carbonyl (C=O) groups is 3. The van der Waals surface area contributed by atoms with E-state index in [2.05, 4.69) is 48.1 Å². The van der Waals surface area contributed by atoms with Gasteiger partial charge in [0, 0.05) is 17.4 Å². The minimum Gasteiger partial charge on any atom is -0.481 e. The fourth-order valence-corrected chi connectivity index (χ4v) is 10.7. The van der Waals surface area contributed by atoms with Crippen LogP contribution in [0, 0.1) is 50.2 Å². The molecule has 5 nitrogen and oxygen atoms in total.